The van der Waals surface area contributed by atoms with Gasteiger partial charge in [0.25, 0.3) is 0 Å². The number of anilines is 3. The molecule has 0 aliphatic carbocycles. The van der Waals surface area contributed by atoms with Crippen molar-refractivity contribution in [3.8, 4) is 50.8 Å². The molecule has 0 atom stereocenters. The molecule has 12 N–H and O–H groups in total. The Kier molecular flexibility index (Phi) is 29.0. The highest BCUT2D eigenvalue weighted by atomic mass is 16.5. The van der Waals surface area contributed by atoms with E-state index in [1.54, 1.807) is 69.3 Å². The highest BCUT2D eigenvalue weighted by Gasteiger charge is 2.21. The second kappa shape index (κ2) is 37.6. The number of methoxy groups -OCH3 is 2. The van der Waals surface area contributed by atoms with Gasteiger partial charge in [0, 0.05) is 88.5 Å². The van der Waals surface area contributed by atoms with Crippen LogP contribution in [0.4, 0.5) is 17.1 Å². The van der Waals surface area contributed by atoms with Gasteiger partial charge in [0.1, 0.15) is 13.2 Å². The maximum Gasteiger partial charge on any atom is 0.306 e. The number of aryl methyl sites for hydroxylation is 6. The number of benzene rings is 6. The van der Waals surface area contributed by atoms with E-state index < -0.39 is 29.7 Å². The van der Waals surface area contributed by atoms with Crippen LogP contribution in [0, 0.1) is 20.8 Å². The molecular weight excluding hydrogens is 1280 g/mol. The number of nitrogens with zero attached hydrogens (tertiary/aromatic N) is 3. The number of rotatable bonds is 27. The first kappa shape index (κ1) is 77.1. The zero-order valence-corrected chi connectivity index (χ0v) is 57.2. The molecule has 24 heteroatoms. The van der Waals surface area contributed by atoms with E-state index in [-0.39, 0.29) is 62.7 Å². The Morgan fingerprint density at radius 1 is 0.410 bits per heavy atom. The van der Waals surface area contributed by atoms with Gasteiger partial charge in [-0.2, -0.15) is 0 Å². The smallest absolute Gasteiger partial charge is 0.306 e. The largest absolute Gasteiger partial charge is 0.481 e. The van der Waals surface area contributed by atoms with Crippen LogP contribution in [0.2, 0.25) is 0 Å². The molecule has 0 radical (unpaired) electrons. The van der Waals surface area contributed by atoms with E-state index in [0.717, 1.165) is 84.6 Å². The molecular formula is C76H85N9O15. The Morgan fingerprint density at radius 2 is 0.710 bits per heavy atom. The number of esters is 2. The van der Waals surface area contributed by atoms with Gasteiger partial charge in [-0.05, 0) is 215 Å². The monoisotopic (exact) mass is 1360 g/mol. The van der Waals surface area contributed by atoms with Crippen LogP contribution in [0.15, 0.2) is 164 Å². The Morgan fingerprint density at radius 3 is 0.970 bits per heavy atom. The number of carbonyl (C=O) groups is 9. The van der Waals surface area contributed by atoms with E-state index in [1.165, 1.54) is 14.2 Å². The number of carboxylic acid groups (broad SMARTS) is 2. The first-order chi connectivity index (χ1) is 47.8. The van der Waals surface area contributed by atoms with Crippen LogP contribution in [0.3, 0.4) is 0 Å². The van der Waals surface area contributed by atoms with E-state index in [0.29, 0.717) is 66.2 Å². The molecule has 5 amide bonds. The summed E-state index contributed by atoms with van der Waals surface area (Å²) in [6.07, 6.45) is 2.12. The maximum absolute atomic E-state index is 12.0. The Hall–Kier alpha value is -11.9. The molecule has 3 aromatic heterocycles. The van der Waals surface area contributed by atoms with E-state index >= 15 is 0 Å². The average Bonchev–Trinajstić information content (AvgIpc) is 1.63. The summed E-state index contributed by atoms with van der Waals surface area (Å²) in [6.45, 7) is 11.6. The van der Waals surface area contributed by atoms with Gasteiger partial charge >= 0.3 is 23.9 Å². The summed E-state index contributed by atoms with van der Waals surface area (Å²) in [6, 6.07) is 50.1. The van der Waals surface area contributed by atoms with Crippen molar-refractivity contribution in [2.24, 2.45) is 17.2 Å². The second-order valence-electron chi connectivity index (χ2n) is 22.7. The number of nitrogen functional groups attached to an aromatic ring is 1. The normalized spacial score (nSPS) is 10.5. The highest BCUT2D eigenvalue weighted by molar-refractivity contribution is 5.95. The fourth-order valence-corrected chi connectivity index (χ4v) is 10.7. The molecule has 0 saturated heterocycles. The Bertz CT molecular complexity index is 4360. The molecule has 9 rings (SSSR count). The quantitative estimate of drug-likeness (QED) is 0.0175. The number of hydrogen-bond acceptors (Lipinski definition) is 14. The molecule has 0 fully saturated rings. The van der Waals surface area contributed by atoms with Crippen LogP contribution in [0.5, 0.6) is 0 Å². The number of aliphatic carboxylic acids is 2. The molecule has 0 spiro atoms. The average molecular weight is 1360 g/mol. The number of hydrogen-bond donors (Lipinski definition) is 8. The lowest BCUT2D eigenvalue weighted by atomic mass is 10.1. The third-order valence-corrected chi connectivity index (χ3v) is 15.4. The van der Waals surface area contributed by atoms with Gasteiger partial charge in [-0.1, -0.05) is 43.3 Å². The van der Waals surface area contributed by atoms with Gasteiger partial charge < -0.3 is 76.4 Å². The van der Waals surface area contributed by atoms with Gasteiger partial charge in [-0.25, -0.2) is 0 Å². The van der Waals surface area contributed by atoms with E-state index in [9.17, 15) is 43.2 Å². The number of aromatic nitrogens is 3. The van der Waals surface area contributed by atoms with Gasteiger partial charge in [0.15, 0.2) is 0 Å². The third-order valence-electron chi connectivity index (χ3n) is 15.4. The summed E-state index contributed by atoms with van der Waals surface area (Å²) in [5.74, 6) is -4.05. The molecule has 6 aromatic carbocycles. The number of carbonyl (C=O) groups excluding carboxylic acids is 7. The Balaban J connectivity index is 0.000000229. The van der Waals surface area contributed by atoms with Crippen LogP contribution in [0.25, 0.3) is 50.8 Å². The van der Waals surface area contributed by atoms with Crippen molar-refractivity contribution in [1.29, 1.82) is 0 Å². The second-order valence-corrected chi connectivity index (χ2v) is 22.7. The summed E-state index contributed by atoms with van der Waals surface area (Å²) in [4.78, 5) is 103. The van der Waals surface area contributed by atoms with Crippen molar-refractivity contribution in [3.63, 3.8) is 0 Å². The van der Waals surface area contributed by atoms with Gasteiger partial charge in [0.2, 0.25) is 29.5 Å². The maximum atomic E-state index is 12.0. The third kappa shape index (κ3) is 21.8. The molecule has 0 unspecified atom stereocenters. The summed E-state index contributed by atoms with van der Waals surface area (Å²) >= 11 is 0. The molecule has 0 aliphatic rings. The number of amides is 5. The number of nitrogens with two attached hydrogens (primary N) is 4. The number of primary amides is 3. The first-order valence-corrected chi connectivity index (χ1v) is 32.0. The lowest BCUT2D eigenvalue weighted by Crippen LogP contribution is -2.16. The van der Waals surface area contributed by atoms with E-state index in [1.807, 2.05) is 141 Å². The fourth-order valence-electron chi connectivity index (χ4n) is 10.7. The number of ether oxygens (including phenoxy) is 4. The summed E-state index contributed by atoms with van der Waals surface area (Å²) in [5, 5.41) is 22.4. The number of nitrogens with one attached hydrogen (secondary N) is 2. The predicted octanol–water partition coefficient (Wildman–Crippen LogP) is 10.9. The van der Waals surface area contributed by atoms with Crippen molar-refractivity contribution in [3.05, 3.63) is 214 Å². The van der Waals surface area contributed by atoms with Crippen molar-refractivity contribution in [2.45, 2.75) is 86.5 Å². The molecule has 9 aromatic rings. The summed E-state index contributed by atoms with van der Waals surface area (Å²) in [5.41, 5.74) is 38.9. The van der Waals surface area contributed by atoms with Crippen LogP contribution >= 0.6 is 0 Å². The van der Waals surface area contributed by atoms with Crippen LogP contribution in [-0.4, -0.2) is 118 Å². The minimum absolute atomic E-state index is 0.00760. The lowest BCUT2D eigenvalue weighted by molar-refractivity contribution is -0.144. The zero-order valence-electron chi connectivity index (χ0n) is 57.2. The molecule has 100 heavy (non-hydrogen) atoms. The van der Waals surface area contributed by atoms with Gasteiger partial charge in [-0.15, -0.1) is 0 Å². The molecule has 24 nitrogen and oxygen atoms in total. The number of carboxylic acids is 2. The van der Waals surface area contributed by atoms with Crippen molar-refractivity contribution in [2.75, 3.05) is 57.0 Å². The minimum Gasteiger partial charge on any atom is -0.481 e. The topological polar surface area (TPSA) is 374 Å². The van der Waals surface area contributed by atoms with Crippen LogP contribution < -0.4 is 33.6 Å². The predicted molar refractivity (Wildman–Crippen MR) is 383 cm³/mol. The highest BCUT2D eigenvalue weighted by Crippen LogP contribution is 2.34. The fraction of sp³-hybridized carbons (Fsp3) is 0.250. The summed E-state index contributed by atoms with van der Waals surface area (Å²) < 4.78 is 26.0. The molecule has 3 heterocycles. The Labute approximate surface area is 579 Å². The van der Waals surface area contributed by atoms with E-state index in [2.05, 4.69) is 19.8 Å². The van der Waals surface area contributed by atoms with Crippen LogP contribution in [0.1, 0.15) is 111 Å². The first-order valence-electron chi connectivity index (χ1n) is 32.0. The van der Waals surface area contributed by atoms with Gasteiger partial charge in [-0.3, -0.25) is 43.2 Å². The van der Waals surface area contributed by atoms with E-state index in [4.69, 9.17) is 52.1 Å². The van der Waals surface area contributed by atoms with Gasteiger partial charge in [0.05, 0.1) is 49.6 Å². The van der Waals surface area contributed by atoms with Crippen molar-refractivity contribution in [1.82, 2.24) is 13.7 Å². The van der Waals surface area contributed by atoms with Crippen molar-refractivity contribution >= 4 is 70.5 Å². The summed E-state index contributed by atoms with van der Waals surface area (Å²) in [7, 11) is 2.92. The minimum atomic E-state index is -0.878. The lowest BCUT2D eigenvalue weighted by Gasteiger charge is -2.17. The molecule has 524 valence electrons. The SMILES string of the molecule is CCC(=O)O.CCOC(=O)CCc1ccc(-c2ccc(N)cc2)n1-c1ccc(C(N)=O)cc1C.CCOC(=O)CCc1ccc(-c2ccc(NC(=O)COC)cc2)n1-c1ccc(C(N)=O)cc1C.COCC(=O)Nc1ccc(-c2ccc(CCC(=O)O)n2-c2ccc(C(N)=O)cc2C)cc1. The zero-order chi connectivity index (χ0) is 73.2. The molecule has 0 aliphatic heterocycles. The molecule has 0 saturated carbocycles. The molecule has 0 bridgehead atoms. The van der Waals surface area contributed by atoms with Crippen molar-refractivity contribution < 1.29 is 72.3 Å². The standard InChI is InChI=1S/C26H29N3O5.C24H25N3O5.C23H25N3O3.C3H6O2/c1-4-34-25(31)14-11-21-10-13-23(18-5-8-20(9-6-18)28-24(30)16-33-3)29(21)22-12-7-19(26(27)32)15-17(22)2;1-15-13-17(24(25)31)5-10-20(15)27-19(9-12-23(29)30)8-11-21(27)16-3-6-18(7-4-16)26-22(28)14-32-2;1-3-29-22(27)13-10-19-9-12-21(16-4-7-18(24)8-5-16)26(19)20-11-6-17(23(25)28)14-15(20)2;1-2-3(4)5/h5-10,12-13,15H,4,11,14,16H2,1-3H3,(H2,27,32)(H,28,30);3-8,10-11,13H,9,12,14H2,1-2H3,(H2,25,31)(H,26,28)(H,29,30);4-9,11-12,14H,3,10,13,24H2,1-2H3,(H2,25,28);2H2,1H3,(H,4,5). The van der Waals surface area contributed by atoms with Crippen LogP contribution in [-0.2, 0) is 67.0 Å².